The van der Waals surface area contributed by atoms with Gasteiger partial charge in [0.15, 0.2) is 0 Å². The van der Waals surface area contributed by atoms with E-state index in [0.29, 0.717) is 0 Å². The van der Waals surface area contributed by atoms with Crippen molar-refractivity contribution >= 4 is 12.4 Å². The summed E-state index contributed by atoms with van der Waals surface area (Å²) in [5.74, 6) is 0. The minimum absolute atomic E-state index is 0. The van der Waals surface area contributed by atoms with Crippen molar-refractivity contribution < 1.29 is 0 Å². The van der Waals surface area contributed by atoms with Crippen LogP contribution in [0.3, 0.4) is 0 Å². The Bertz CT molecular complexity index is 59.5. The Labute approximate surface area is 57.5 Å². The third-order valence-electron chi connectivity index (χ3n) is 1.80. The first-order valence-corrected chi connectivity index (χ1v) is 2.97. The van der Waals surface area contributed by atoms with Crippen LogP contribution < -0.4 is 0 Å². The van der Waals surface area contributed by atoms with Crippen LogP contribution >= 0.6 is 12.4 Å². The summed E-state index contributed by atoms with van der Waals surface area (Å²) in [6.45, 7) is 0. The molecule has 0 atom stereocenters. The summed E-state index contributed by atoms with van der Waals surface area (Å²) in [4.78, 5) is 2.31. The third-order valence-corrected chi connectivity index (χ3v) is 1.80. The molecule has 0 aromatic heterocycles. The molecule has 1 fully saturated rings. The number of hydrogen-bond donors (Lipinski definition) is 0. The number of halogens is 1. The molecule has 0 amide bonds. The maximum atomic E-state index is 2.31. The second-order valence-corrected chi connectivity index (χ2v) is 2.55. The summed E-state index contributed by atoms with van der Waals surface area (Å²) in [5.41, 5.74) is 0. The predicted molar refractivity (Wildman–Crippen MR) is 38.6 cm³/mol. The molecule has 0 aromatic rings. The van der Waals surface area contributed by atoms with Crippen LogP contribution in [0.5, 0.6) is 0 Å². The molecule has 0 unspecified atom stereocenters. The van der Waals surface area contributed by atoms with E-state index in [9.17, 15) is 0 Å². The summed E-state index contributed by atoms with van der Waals surface area (Å²) in [6, 6.07) is 0.917. The fourth-order valence-electron chi connectivity index (χ4n) is 0.903. The smallest absolute Gasteiger partial charge is 0.00891 e. The monoisotopic (exact) mass is 135 g/mol. The Morgan fingerprint density at radius 2 is 1.75 bits per heavy atom. The van der Waals surface area contributed by atoms with E-state index in [4.69, 9.17) is 0 Å². The van der Waals surface area contributed by atoms with E-state index in [1.54, 1.807) is 0 Å². The summed E-state index contributed by atoms with van der Waals surface area (Å²) in [6.07, 6.45) is 4.29. The molecule has 0 aromatic carbocycles. The molecule has 0 aliphatic heterocycles. The van der Waals surface area contributed by atoms with Crippen molar-refractivity contribution in [2.75, 3.05) is 14.1 Å². The number of hydrogen-bond acceptors (Lipinski definition) is 1. The molecule has 1 rings (SSSR count). The van der Waals surface area contributed by atoms with Gasteiger partial charge in [0.05, 0.1) is 0 Å². The molecule has 1 saturated carbocycles. The minimum Gasteiger partial charge on any atom is -0.306 e. The Hall–Kier alpha value is 0.250. The zero-order valence-electron chi connectivity index (χ0n) is 5.55. The van der Waals surface area contributed by atoms with E-state index in [1.807, 2.05) is 0 Å². The Balaban J connectivity index is 0.000000490. The summed E-state index contributed by atoms with van der Waals surface area (Å²) < 4.78 is 0. The first kappa shape index (κ1) is 8.25. The lowest BCUT2D eigenvalue weighted by Crippen LogP contribution is -2.33. The van der Waals surface area contributed by atoms with E-state index < -0.39 is 0 Å². The maximum absolute atomic E-state index is 2.31. The average Bonchev–Trinajstić information content (AvgIpc) is 1.23. The first-order valence-electron chi connectivity index (χ1n) is 2.97. The van der Waals surface area contributed by atoms with Gasteiger partial charge >= 0.3 is 0 Å². The first-order chi connectivity index (χ1) is 3.30. The molecule has 1 aliphatic rings. The van der Waals surface area contributed by atoms with Gasteiger partial charge in [0, 0.05) is 6.04 Å². The highest BCUT2D eigenvalue weighted by atomic mass is 35.5. The van der Waals surface area contributed by atoms with Crippen LogP contribution in [0.2, 0.25) is 0 Å². The predicted octanol–water partition coefficient (Wildman–Crippen LogP) is 1.52. The van der Waals surface area contributed by atoms with Crippen LogP contribution in [0.15, 0.2) is 0 Å². The van der Waals surface area contributed by atoms with E-state index >= 15 is 0 Å². The summed E-state index contributed by atoms with van der Waals surface area (Å²) >= 11 is 0. The van der Waals surface area contributed by atoms with Crippen LogP contribution in [0.1, 0.15) is 19.3 Å². The summed E-state index contributed by atoms with van der Waals surface area (Å²) in [7, 11) is 4.31. The standard InChI is InChI=1S/C6H13N.ClH/c1-7(2)6-4-3-5-6;/h6H,3-5H2,1-2H3;1H. The normalized spacial score (nSPS) is 19.9. The fraction of sp³-hybridized carbons (Fsp3) is 1.00. The second kappa shape index (κ2) is 3.31. The number of rotatable bonds is 1. The van der Waals surface area contributed by atoms with Crippen molar-refractivity contribution in [2.45, 2.75) is 25.3 Å². The minimum atomic E-state index is 0. The fourth-order valence-corrected chi connectivity index (χ4v) is 0.903. The molecule has 0 N–H and O–H groups in total. The van der Waals surface area contributed by atoms with Gasteiger partial charge in [-0.2, -0.15) is 0 Å². The zero-order valence-corrected chi connectivity index (χ0v) is 6.37. The molecule has 8 heavy (non-hydrogen) atoms. The van der Waals surface area contributed by atoms with Crippen LogP contribution in [-0.4, -0.2) is 25.0 Å². The van der Waals surface area contributed by atoms with Crippen LogP contribution in [-0.2, 0) is 0 Å². The Kier molecular flexibility index (Phi) is 3.41. The van der Waals surface area contributed by atoms with Gasteiger partial charge in [-0.05, 0) is 26.9 Å². The molecule has 1 nitrogen and oxygen atoms in total. The van der Waals surface area contributed by atoms with Crippen molar-refractivity contribution in [3.63, 3.8) is 0 Å². The molecular formula is C6H14ClN. The Morgan fingerprint density at radius 3 is 1.75 bits per heavy atom. The summed E-state index contributed by atoms with van der Waals surface area (Å²) in [5, 5.41) is 0. The van der Waals surface area contributed by atoms with Crippen molar-refractivity contribution in [2.24, 2.45) is 0 Å². The lowest BCUT2D eigenvalue weighted by atomic mass is 9.92. The molecule has 0 bridgehead atoms. The van der Waals surface area contributed by atoms with E-state index in [-0.39, 0.29) is 12.4 Å². The van der Waals surface area contributed by atoms with Crippen LogP contribution in [0, 0.1) is 0 Å². The molecule has 0 saturated heterocycles. The van der Waals surface area contributed by atoms with Gasteiger partial charge in [-0.25, -0.2) is 0 Å². The maximum Gasteiger partial charge on any atom is 0.00891 e. The topological polar surface area (TPSA) is 3.24 Å². The second-order valence-electron chi connectivity index (χ2n) is 2.55. The largest absolute Gasteiger partial charge is 0.306 e. The quantitative estimate of drug-likeness (QED) is 0.527. The third kappa shape index (κ3) is 1.64. The molecule has 1 aliphatic carbocycles. The molecule has 0 radical (unpaired) electrons. The van der Waals surface area contributed by atoms with Crippen molar-refractivity contribution in [3.8, 4) is 0 Å². The molecule has 0 heterocycles. The van der Waals surface area contributed by atoms with Gasteiger partial charge in [-0.1, -0.05) is 6.42 Å². The van der Waals surface area contributed by atoms with Gasteiger partial charge in [-0.15, -0.1) is 12.4 Å². The number of nitrogens with zero attached hydrogens (tertiary/aromatic N) is 1. The highest BCUT2D eigenvalue weighted by molar-refractivity contribution is 5.85. The van der Waals surface area contributed by atoms with Gasteiger partial charge in [0.25, 0.3) is 0 Å². The van der Waals surface area contributed by atoms with E-state index in [0.717, 1.165) is 6.04 Å². The molecule has 2 heteroatoms. The zero-order chi connectivity index (χ0) is 5.28. The van der Waals surface area contributed by atoms with E-state index in [2.05, 4.69) is 19.0 Å². The van der Waals surface area contributed by atoms with Crippen LogP contribution in [0.4, 0.5) is 0 Å². The average molecular weight is 136 g/mol. The van der Waals surface area contributed by atoms with Gasteiger partial charge in [0.1, 0.15) is 0 Å². The lowest BCUT2D eigenvalue weighted by molar-refractivity contribution is 0.193. The van der Waals surface area contributed by atoms with Gasteiger partial charge in [-0.3, -0.25) is 0 Å². The molecular weight excluding hydrogens is 122 g/mol. The van der Waals surface area contributed by atoms with Gasteiger partial charge < -0.3 is 4.90 Å². The SMILES string of the molecule is CN(C)C1CCC1.Cl. The van der Waals surface area contributed by atoms with Gasteiger partial charge in [0.2, 0.25) is 0 Å². The highest BCUT2D eigenvalue weighted by Gasteiger charge is 2.18. The van der Waals surface area contributed by atoms with E-state index in [1.165, 1.54) is 19.3 Å². The molecule has 0 spiro atoms. The van der Waals surface area contributed by atoms with Crippen molar-refractivity contribution in [1.82, 2.24) is 4.90 Å². The van der Waals surface area contributed by atoms with Crippen molar-refractivity contribution in [1.29, 1.82) is 0 Å². The van der Waals surface area contributed by atoms with Crippen molar-refractivity contribution in [3.05, 3.63) is 0 Å². The van der Waals surface area contributed by atoms with Crippen LogP contribution in [0.25, 0.3) is 0 Å². The Morgan fingerprint density at radius 1 is 1.25 bits per heavy atom. The molecule has 50 valence electrons. The lowest BCUT2D eigenvalue weighted by Gasteiger charge is -2.31. The highest BCUT2D eigenvalue weighted by Crippen LogP contribution is 2.21.